The van der Waals surface area contributed by atoms with Crippen LogP contribution in [-0.4, -0.2) is 31.0 Å². The highest BCUT2D eigenvalue weighted by atomic mass is 32.2. The molecule has 8 heteroatoms. The lowest BCUT2D eigenvalue weighted by Crippen LogP contribution is -2.20. The van der Waals surface area contributed by atoms with Crippen molar-refractivity contribution < 1.29 is 4.79 Å². The Bertz CT molecular complexity index is 914. The molecule has 2 heterocycles. The first-order chi connectivity index (χ1) is 13.3. The quantitative estimate of drug-likeness (QED) is 0.738. The summed E-state index contributed by atoms with van der Waals surface area (Å²) in [4.78, 5) is 12.7. The van der Waals surface area contributed by atoms with Gasteiger partial charge in [-0.2, -0.15) is 5.26 Å². The van der Waals surface area contributed by atoms with Crippen LogP contribution in [0.3, 0.4) is 0 Å². The minimum Gasteiger partial charge on any atom is -0.327 e. The standard InChI is InChI=1S/C20H28N6OS/c1-12(2)18-23-24-20(25(18)5)28-11-17(27)22-19-16(10-21)13(3)14(4)26(19)15-8-6-7-9-15/h12,15H,6-9,11H2,1-5H3,(H,22,27). The van der Waals surface area contributed by atoms with Crippen LogP contribution in [0.2, 0.25) is 0 Å². The van der Waals surface area contributed by atoms with Gasteiger partial charge in [0.15, 0.2) is 5.16 Å². The Balaban J connectivity index is 1.77. The zero-order chi connectivity index (χ0) is 20.4. The molecule has 0 bridgehead atoms. The van der Waals surface area contributed by atoms with E-state index in [4.69, 9.17) is 0 Å². The van der Waals surface area contributed by atoms with Crippen LogP contribution in [0.4, 0.5) is 5.82 Å². The molecule has 2 aromatic heterocycles. The molecule has 1 N–H and O–H groups in total. The smallest absolute Gasteiger partial charge is 0.235 e. The van der Waals surface area contributed by atoms with Crippen molar-refractivity contribution in [2.45, 2.75) is 70.5 Å². The van der Waals surface area contributed by atoms with Crippen molar-refractivity contribution in [1.29, 1.82) is 5.26 Å². The molecule has 150 valence electrons. The maximum Gasteiger partial charge on any atom is 0.235 e. The molecule has 1 amide bonds. The van der Waals surface area contributed by atoms with Gasteiger partial charge in [0.25, 0.3) is 0 Å². The monoisotopic (exact) mass is 400 g/mol. The van der Waals surface area contributed by atoms with E-state index in [1.165, 1.54) is 24.6 Å². The van der Waals surface area contributed by atoms with Crippen molar-refractivity contribution in [3.63, 3.8) is 0 Å². The second-order valence-electron chi connectivity index (χ2n) is 7.75. The largest absolute Gasteiger partial charge is 0.327 e. The van der Waals surface area contributed by atoms with Gasteiger partial charge in [0.1, 0.15) is 17.7 Å². The number of aromatic nitrogens is 4. The zero-order valence-corrected chi connectivity index (χ0v) is 18.1. The number of carbonyl (C=O) groups excluding carboxylic acids is 1. The van der Waals surface area contributed by atoms with E-state index in [9.17, 15) is 10.1 Å². The summed E-state index contributed by atoms with van der Waals surface area (Å²) in [5.74, 6) is 1.92. The van der Waals surface area contributed by atoms with Crippen LogP contribution in [0.15, 0.2) is 5.16 Å². The molecule has 0 unspecified atom stereocenters. The molecule has 3 rings (SSSR count). The number of amides is 1. The fourth-order valence-electron chi connectivity index (χ4n) is 3.96. The predicted molar refractivity (Wildman–Crippen MR) is 111 cm³/mol. The minimum absolute atomic E-state index is 0.132. The molecule has 2 aromatic rings. The number of nitrogens with zero attached hydrogens (tertiary/aromatic N) is 5. The minimum atomic E-state index is -0.132. The third-order valence-electron chi connectivity index (χ3n) is 5.53. The normalized spacial score (nSPS) is 14.6. The van der Waals surface area contributed by atoms with Crippen LogP contribution in [0.25, 0.3) is 0 Å². The Kier molecular flexibility index (Phi) is 6.14. The summed E-state index contributed by atoms with van der Waals surface area (Å²) in [6.07, 6.45) is 4.57. The van der Waals surface area contributed by atoms with Crippen LogP contribution >= 0.6 is 11.8 Å². The van der Waals surface area contributed by atoms with Gasteiger partial charge < -0.3 is 14.5 Å². The second-order valence-corrected chi connectivity index (χ2v) is 8.69. The van der Waals surface area contributed by atoms with Gasteiger partial charge in [-0.25, -0.2) is 0 Å². The van der Waals surface area contributed by atoms with E-state index < -0.39 is 0 Å². The number of hydrogen-bond donors (Lipinski definition) is 1. The van der Waals surface area contributed by atoms with Crippen LogP contribution in [0, 0.1) is 25.2 Å². The summed E-state index contributed by atoms with van der Waals surface area (Å²) in [6.45, 7) is 8.12. The Morgan fingerprint density at radius 1 is 1.32 bits per heavy atom. The number of carbonyl (C=O) groups is 1. The molecular weight excluding hydrogens is 372 g/mol. The molecule has 0 spiro atoms. The first-order valence-corrected chi connectivity index (χ1v) is 10.8. The van der Waals surface area contributed by atoms with Crippen molar-refractivity contribution >= 4 is 23.5 Å². The molecule has 28 heavy (non-hydrogen) atoms. The Hall–Kier alpha value is -2.27. The lowest BCUT2D eigenvalue weighted by Gasteiger charge is -2.19. The van der Waals surface area contributed by atoms with E-state index >= 15 is 0 Å². The summed E-state index contributed by atoms with van der Waals surface area (Å²) in [6, 6.07) is 2.64. The van der Waals surface area contributed by atoms with Gasteiger partial charge >= 0.3 is 0 Å². The van der Waals surface area contributed by atoms with E-state index in [-0.39, 0.29) is 17.6 Å². The topological polar surface area (TPSA) is 88.5 Å². The molecule has 0 atom stereocenters. The SMILES string of the molecule is Cc1c(C#N)c(NC(=O)CSc2nnc(C(C)C)n2C)n(C2CCCC2)c1C. The molecule has 7 nitrogen and oxygen atoms in total. The fourth-order valence-corrected chi connectivity index (χ4v) is 4.68. The average Bonchev–Trinajstić information content (AvgIpc) is 3.34. The van der Waals surface area contributed by atoms with E-state index in [1.807, 2.05) is 25.5 Å². The molecule has 0 aromatic carbocycles. The number of rotatable bonds is 6. The van der Waals surface area contributed by atoms with Gasteiger partial charge in [-0.1, -0.05) is 38.5 Å². The molecule has 1 saturated carbocycles. The third kappa shape index (κ3) is 3.81. The summed E-state index contributed by atoms with van der Waals surface area (Å²) in [5.41, 5.74) is 2.59. The van der Waals surface area contributed by atoms with Gasteiger partial charge in [-0.15, -0.1) is 10.2 Å². The van der Waals surface area contributed by atoms with Gasteiger partial charge in [0, 0.05) is 24.7 Å². The Labute approximate surface area is 170 Å². The van der Waals surface area contributed by atoms with E-state index in [0.717, 1.165) is 35.1 Å². The molecule has 0 radical (unpaired) electrons. The molecule has 1 fully saturated rings. The molecule has 0 saturated heterocycles. The van der Waals surface area contributed by atoms with Crippen molar-refractivity contribution in [2.75, 3.05) is 11.1 Å². The van der Waals surface area contributed by atoms with Crippen molar-refractivity contribution in [1.82, 2.24) is 19.3 Å². The maximum absolute atomic E-state index is 12.7. The van der Waals surface area contributed by atoms with Crippen molar-refractivity contribution in [3.8, 4) is 6.07 Å². The highest BCUT2D eigenvalue weighted by Crippen LogP contribution is 2.37. The second kappa shape index (κ2) is 8.39. The number of hydrogen-bond acceptors (Lipinski definition) is 5. The molecule has 1 aliphatic rings. The summed E-state index contributed by atoms with van der Waals surface area (Å²) < 4.78 is 4.10. The van der Waals surface area contributed by atoms with Gasteiger partial charge in [0.05, 0.1) is 11.3 Å². The first kappa shape index (κ1) is 20.5. The molecular formula is C20H28N6OS. The highest BCUT2D eigenvalue weighted by molar-refractivity contribution is 7.99. The van der Waals surface area contributed by atoms with Crippen molar-refractivity contribution in [3.05, 3.63) is 22.6 Å². The van der Waals surface area contributed by atoms with Crippen LogP contribution < -0.4 is 5.32 Å². The van der Waals surface area contributed by atoms with E-state index in [0.29, 0.717) is 17.4 Å². The summed E-state index contributed by atoms with van der Waals surface area (Å²) in [7, 11) is 1.92. The van der Waals surface area contributed by atoms with Crippen LogP contribution in [-0.2, 0) is 11.8 Å². The maximum atomic E-state index is 12.7. The average molecular weight is 401 g/mol. The van der Waals surface area contributed by atoms with Crippen molar-refractivity contribution in [2.24, 2.45) is 7.05 Å². The molecule has 0 aliphatic heterocycles. The lowest BCUT2D eigenvalue weighted by atomic mass is 10.2. The Morgan fingerprint density at radius 3 is 2.57 bits per heavy atom. The highest BCUT2D eigenvalue weighted by Gasteiger charge is 2.26. The number of anilines is 1. The van der Waals surface area contributed by atoms with Crippen LogP contribution in [0.1, 0.15) is 74.1 Å². The third-order valence-corrected chi connectivity index (χ3v) is 6.55. The first-order valence-electron chi connectivity index (χ1n) is 9.78. The van der Waals surface area contributed by atoms with Gasteiger partial charge in [-0.3, -0.25) is 4.79 Å². The summed E-state index contributed by atoms with van der Waals surface area (Å²) in [5, 5.41) is 21.8. The number of thioether (sulfide) groups is 1. The van der Waals surface area contributed by atoms with Gasteiger partial charge in [-0.05, 0) is 32.3 Å². The Morgan fingerprint density at radius 2 is 2.00 bits per heavy atom. The van der Waals surface area contributed by atoms with Crippen LogP contribution in [0.5, 0.6) is 0 Å². The fraction of sp³-hybridized carbons (Fsp3) is 0.600. The number of nitrogens with one attached hydrogen (secondary N) is 1. The number of nitriles is 1. The van der Waals surface area contributed by atoms with Gasteiger partial charge in [0.2, 0.25) is 5.91 Å². The lowest BCUT2D eigenvalue weighted by molar-refractivity contribution is -0.113. The van der Waals surface area contributed by atoms with E-state index in [1.54, 1.807) is 0 Å². The predicted octanol–water partition coefficient (Wildman–Crippen LogP) is 4.07. The molecule has 1 aliphatic carbocycles. The van der Waals surface area contributed by atoms with E-state index in [2.05, 4.69) is 40.0 Å². The summed E-state index contributed by atoms with van der Waals surface area (Å²) >= 11 is 1.36. The zero-order valence-electron chi connectivity index (χ0n) is 17.2.